The number of hydrogen-bond donors (Lipinski definition) is 1. The van der Waals surface area contributed by atoms with Gasteiger partial charge in [0, 0.05) is 26.3 Å². The van der Waals surface area contributed by atoms with Crippen LogP contribution in [-0.4, -0.2) is 59.3 Å². The molecule has 0 aliphatic carbocycles. The van der Waals surface area contributed by atoms with Crippen molar-refractivity contribution < 1.29 is 14.3 Å². The summed E-state index contributed by atoms with van der Waals surface area (Å²) in [5, 5.41) is 2.95. The topological polar surface area (TPSA) is 54.0 Å². The van der Waals surface area contributed by atoms with E-state index in [0.717, 1.165) is 17.0 Å². The van der Waals surface area contributed by atoms with Crippen LogP contribution in [0.15, 0.2) is 48.5 Å². The number of methoxy groups -OCH3 is 1. The first-order chi connectivity index (χ1) is 12.9. The van der Waals surface area contributed by atoms with Gasteiger partial charge in [-0.1, -0.05) is 12.1 Å². The fourth-order valence-electron chi connectivity index (χ4n) is 2.68. The van der Waals surface area contributed by atoms with E-state index in [9.17, 15) is 4.79 Å². The van der Waals surface area contributed by atoms with E-state index in [1.54, 1.807) is 31.4 Å². The molecule has 27 heavy (non-hydrogen) atoms. The molecule has 0 bridgehead atoms. The summed E-state index contributed by atoms with van der Waals surface area (Å²) in [6.07, 6.45) is 0. The first kappa shape index (κ1) is 20.6. The normalized spacial score (nSPS) is 11.8. The van der Waals surface area contributed by atoms with Gasteiger partial charge >= 0.3 is 0 Å². The maximum atomic E-state index is 12.2. The molecule has 1 amide bonds. The summed E-state index contributed by atoms with van der Waals surface area (Å²) in [5.41, 5.74) is 2.30. The lowest BCUT2D eigenvalue weighted by molar-refractivity contribution is -0.123. The summed E-state index contributed by atoms with van der Waals surface area (Å²) in [5.74, 6) is 1.23. The smallest absolute Gasteiger partial charge is 0.258 e. The van der Waals surface area contributed by atoms with Crippen molar-refractivity contribution in [3.63, 3.8) is 0 Å². The van der Waals surface area contributed by atoms with Crippen molar-refractivity contribution >= 4 is 11.6 Å². The Morgan fingerprint density at radius 2 is 1.56 bits per heavy atom. The third-order valence-electron chi connectivity index (χ3n) is 4.34. The number of benzene rings is 2. The molecule has 0 aliphatic heterocycles. The molecular weight excluding hydrogens is 342 g/mol. The average molecular weight is 371 g/mol. The van der Waals surface area contributed by atoms with Gasteiger partial charge in [0.05, 0.1) is 13.2 Å². The van der Waals surface area contributed by atoms with Crippen LogP contribution in [0.4, 0.5) is 5.69 Å². The van der Waals surface area contributed by atoms with Crippen LogP contribution in [0.2, 0.25) is 0 Å². The van der Waals surface area contributed by atoms with Crippen molar-refractivity contribution in [1.29, 1.82) is 0 Å². The first-order valence-electron chi connectivity index (χ1n) is 8.88. The fraction of sp³-hybridized carbons (Fsp3) is 0.381. The van der Waals surface area contributed by atoms with Crippen molar-refractivity contribution in [2.24, 2.45) is 0 Å². The van der Waals surface area contributed by atoms with Gasteiger partial charge in [-0.25, -0.2) is 0 Å². The largest absolute Gasteiger partial charge is 0.497 e. The summed E-state index contributed by atoms with van der Waals surface area (Å²) in [4.78, 5) is 16.3. The zero-order chi connectivity index (χ0) is 19.8. The minimum atomic E-state index is -0.150. The second-order valence-corrected chi connectivity index (χ2v) is 6.73. The molecule has 146 valence electrons. The number of anilines is 1. The van der Waals surface area contributed by atoms with Crippen LogP contribution < -0.4 is 19.7 Å². The van der Waals surface area contributed by atoms with Gasteiger partial charge in [0.15, 0.2) is 6.61 Å². The predicted molar refractivity (Wildman–Crippen MR) is 109 cm³/mol. The van der Waals surface area contributed by atoms with Gasteiger partial charge in [-0.3, -0.25) is 4.79 Å². The molecule has 0 radical (unpaired) electrons. The van der Waals surface area contributed by atoms with Gasteiger partial charge in [-0.15, -0.1) is 0 Å². The Bertz CT molecular complexity index is 712. The molecule has 0 unspecified atom stereocenters. The van der Waals surface area contributed by atoms with Gasteiger partial charge < -0.3 is 24.6 Å². The molecule has 6 nitrogen and oxygen atoms in total. The van der Waals surface area contributed by atoms with Crippen LogP contribution in [-0.2, 0) is 4.79 Å². The molecule has 0 spiro atoms. The van der Waals surface area contributed by atoms with Gasteiger partial charge in [0.2, 0.25) is 0 Å². The highest BCUT2D eigenvalue weighted by Gasteiger charge is 2.15. The first-order valence-corrected chi connectivity index (χ1v) is 8.88. The van der Waals surface area contributed by atoms with Gasteiger partial charge in [0.25, 0.3) is 5.91 Å². The molecule has 2 aromatic rings. The number of likely N-dealkylation sites (N-methyl/N-ethyl adjacent to an activating group) is 1. The van der Waals surface area contributed by atoms with E-state index >= 15 is 0 Å². The summed E-state index contributed by atoms with van der Waals surface area (Å²) in [6, 6.07) is 15.6. The highest BCUT2D eigenvalue weighted by atomic mass is 16.5. The molecule has 2 rings (SSSR count). The maximum Gasteiger partial charge on any atom is 0.258 e. The number of amides is 1. The van der Waals surface area contributed by atoms with E-state index in [2.05, 4.69) is 39.4 Å². The van der Waals surface area contributed by atoms with Crippen molar-refractivity contribution in [2.45, 2.75) is 6.04 Å². The third kappa shape index (κ3) is 6.18. The number of carbonyl (C=O) groups is 1. The fourth-order valence-corrected chi connectivity index (χ4v) is 2.68. The van der Waals surface area contributed by atoms with Gasteiger partial charge in [-0.2, -0.15) is 0 Å². The highest BCUT2D eigenvalue weighted by Crippen LogP contribution is 2.21. The average Bonchev–Trinajstić information content (AvgIpc) is 2.67. The van der Waals surface area contributed by atoms with E-state index < -0.39 is 0 Å². The molecule has 0 saturated carbocycles. The Labute approximate surface area is 161 Å². The zero-order valence-corrected chi connectivity index (χ0v) is 16.7. The highest BCUT2D eigenvalue weighted by molar-refractivity contribution is 5.77. The van der Waals surface area contributed by atoms with Crippen molar-refractivity contribution in [2.75, 3.05) is 53.4 Å². The molecular formula is C21H29N3O3. The molecule has 0 saturated heterocycles. The van der Waals surface area contributed by atoms with E-state index in [1.165, 1.54) is 0 Å². The Morgan fingerprint density at radius 3 is 2.07 bits per heavy atom. The van der Waals surface area contributed by atoms with E-state index in [1.807, 2.05) is 28.2 Å². The quantitative estimate of drug-likeness (QED) is 0.734. The van der Waals surface area contributed by atoms with Crippen LogP contribution >= 0.6 is 0 Å². The number of ether oxygens (including phenoxy) is 2. The summed E-state index contributed by atoms with van der Waals surface area (Å²) in [6.45, 7) is 0.491. The number of nitrogens with one attached hydrogen (secondary N) is 1. The monoisotopic (exact) mass is 371 g/mol. The van der Waals surface area contributed by atoms with Crippen molar-refractivity contribution in [1.82, 2.24) is 10.2 Å². The van der Waals surface area contributed by atoms with E-state index in [-0.39, 0.29) is 18.6 Å². The minimum absolute atomic E-state index is 0.0218. The van der Waals surface area contributed by atoms with Crippen LogP contribution in [0.1, 0.15) is 11.6 Å². The summed E-state index contributed by atoms with van der Waals surface area (Å²) in [7, 11) is 9.65. The molecule has 0 fully saturated rings. The molecule has 1 atom stereocenters. The molecule has 6 heteroatoms. The number of hydrogen-bond acceptors (Lipinski definition) is 5. The second kappa shape index (κ2) is 9.83. The number of nitrogens with zero attached hydrogens (tertiary/aromatic N) is 2. The molecule has 0 aromatic heterocycles. The van der Waals surface area contributed by atoms with E-state index in [0.29, 0.717) is 12.3 Å². The molecule has 0 heterocycles. The Morgan fingerprint density at radius 1 is 0.963 bits per heavy atom. The van der Waals surface area contributed by atoms with Crippen LogP contribution in [0, 0.1) is 0 Å². The Hall–Kier alpha value is -2.73. The standard InChI is InChI=1S/C21H29N3O3/c1-23(2)17-8-6-16(7-9-17)20(24(3)4)14-22-21(25)15-27-19-12-10-18(26-5)11-13-19/h6-13,20H,14-15H2,1-5H3,(H,22,25)/t20-/m1/s1. The lowest BCUT2D eigenvalue weighted by Gasteiger charge is -2.25. The second-order valence-electron chi connectivity index (χ2n) is 6.73. The predicted octanol–water partition coefficient (Wildman–Crippen LogP) is 2.56. The minimum Gasteiger partial charge on any atom is -0.497 e. The van der Waals surface area contributed by atoms with Crippen LogP contribution in [0.3, 0.4) is 0 Å². The van der Waals surface area contributed by atoms with E-state index in [4.69, 9.17) is 9.47 Å². The lowest BCUT2D eigenvalue weighted by atomic mass is 10.1. The third-order valence-corrected chi connectivity index (χ3v) is 4.34. The summed E-state index contributed by atoms with van der Waals surface area (Å²) < 4.78 is 10.6. The zero-order valence-electron chi connectivity index (χ0n) is 16.7. The van der Waals surface area contributed by atoms with Crippen LogP contribution in [0.25, 0.3) is 0 Å². The lowest BCUT2D eigenvalue weighted by Crippen LogP contribution is -2.36. The SMILES string of the molecule is COc1ccc(OCC(=O)NC[C@H](c2ccc(N(C)C)cc2)N(C)C)cc1. The van der Waals surface area contributed by atoms with Gasteiger partial charge in [-0.05, 0) is 56.1 Å². The number of rotatable bonds is 9. The Balaban J connectivity index is 1.87. The van der Waals surface area contributed by atoms with Crippen LogP contribution in [0.5, 0.6) is 11.5 Å². The van der Waals surface area contributed by atoms with Crippen molar-refractivity contribution in [3.05, 3.63) is 54.1 Å². The maximum absolute atomic E-state index is 12.2. The number of carbonyl (C=O) groups excluding carboxylic acids is 1. The molecule has 2 aromatic carbocycles. The Kier molecular flexibility index (Phi) is 7.49. The molecule has 1 N–H and O–H groups in total. The summed E-state index contributed by atoms with van der Waals surface area (Å²) >= 11 is 0. The van der Waals surface area contributed by atoms with Crippen molar-refractivity contribution in [3.8, 4) is 11.5 Å². The molecule has 0 aliphatic rings. The van der Waals surface area contributed by atoms with Gasteiger partial charge in [0.1, 0.15) is 11.5 Å².